The molecular weight excluding hydrogens is 374 g/mol. The van der Waals surface area contributed by atoms with Gasteiger partial charge in [-0.1, -0.05) is 35.9 Å². The molecule has 0 spiro atoms. The molecule has 0 bridgehead atoms. The maximum Gasteiger partial charge on any atom is 0.253 e. The van der Waals surface area contributed by atoms with Gasteiger partial charge in [0.15, 0.2) is 5.11 Å². The van der Waals surface area contributed by atoms with Crippen molar-refractivity contribution in [1.29, 1.82) is 0 Å². The van der Waals surface area contributed by atoms with E-state index in [0.717, 1.165) is 5.56 Å². The first kappa shape index (κ1) is 19.8. The lowest BCUT2D eigenvalue weighted by atomic mass is 10.1. The number of aliphatic hydroxyl groups excluding tert-OH is 1. The van der Waals surface area contributed by atoms with E-state index in [2.05, 4.69) is 16.0 Å². The van der Waals surface area contributed by atoms with Crippen LogP contribution in [0, 0.1) is 0 Å². The van der Waals surface area contributed by atoms with Crippen LogP contribution in [0.4, 0.5) is 5.69 Å². The lowest BCUT2D eigenvalue weighted by Crippen LogP contribution is -2.36. The van der Waals surface area contributed by atoms with E-state index in [9.17, 15) is 9.59 Å². The van der Waals surface area contributed by atoms with Gasteiger partial charge in [-0.3, -0.25) is 9.59 Å². The highest BCUT2D eigenvalue weighted by atomic mass is 35.5. The number of benzene rings is 2. The number of aliphatic hydroxyl groups is 1. The summed E-state index contributed by atoms with van der Waals surface area (Å²) in [7, 11) is 0. The van der Waals surface area contributed by atoms with Crippen molar-refractivity contribution < 1.29 is 14.7 Å². The molecule has 0 aromatic heterocycles. The molecule has 6 nitrogen and oxygen atoms in total. The summed E-state index contributed by atoms with van der Waals surface area (Å²) in [5.41, 5.74) is 1.62. The van der Waals surface area contributed by atoms with E-state index in [0.29, 0.717) is 16.3 Å². The van der Waals surface area contributed by atoms with Crippen molar-refractivity contribution >= 4 is 46.4 Å². The van der Waals surface area contributed by atoms with Crippen molar-refractivity contribution in [3.8, 4) is 0 Å². The number of halogens is 1. The number of thiocarbonyl (C=S) groups is 1. The largest absolute Gasteiger partial charge is 0.395 e. The molecule has 0 saturated heterocycles. The van der Waals surface area contributed by atoms with Crippen LogP contribution in [0.3, 0.4) is 0 Å². The van der Waals surface area contributed by atoms with Crippen molar-refractivity contribution in [2.75, 3.05) is 18.5 Å². The molecule has 4 N–H and O–H groups in total. The lowest BCUT2D eigenvalue weighted by molar-refractivity contribution is -0.119. The fourth-order valence-corrected chi connectivity index (χ4v) is 2.52. The Balaban J connectivity index is 1.96. The molecule has 0 aliphatic heterocycles. The van der Waals surface area contributed by atoms with Crippen LogP contribution < -0.4 is 16.0 Å². The molecule has 0 unspecified atom stereocenters. The third-order valence-electron chi connectivity index (χ3n) is 3.35. The molecule has 2 aromatic carbocycles. The molecule has 0 aliphatic rings. The van der Waals surface area contributed by atoms with E-state index in [1.165, 1.54) is 0 Å². The highest BCUT2D eigenvalue weighted by Crippen LogP contribution is 2.15. The number of para-hydroxylation sites is 1. The first-order valence-electron chi connectivity index (χ1n) is 7.83. The topological polar surface area (TPSA) is 90.5 Å². The van der Waals surface area contributed by atoms with E-state index in [1.807, 2.05) is 0 Å². The summed E-state index contributed by atoms with van der Waals surface area (Å²) in [6.45, 7) is -0.00402. The minimum atomic E-state index is -0.350. The molecule has 0 saturated carbocycles. The Morgan fingerprint density at radius 2 is 1.77 bits per heavy atom. The highest BCUT2D eigenvalue weighted by Gasteiger charge is 2.12. The average Bonchev–Trinajstić information content (AvgIpc) is 2.62. The number of carbonyl (C=O) groups excluding carboxylic acids is 2. The van der Waals surface area contributed by atoms with Crippen LogP contribution in [0.5, 0.6) is 0 Å². The molecule has 2 rings (SSSR count). The predicted octanol–water partition coefficient (Wildman–Crippen LogP) is 2.12. The van der Waals surface area contributed by atoms with Gasteiger partial charge in [0.25, 0.3) is 5.91 Å². The molecule has 136 valence electrons. The van der Waals surface area contributed by atoms with E-state index in [4.69, 9.17) is 28.9 Å². The number of nitrogens with one attached hydrogen (secondary N) is 3. The average molecular weight is 392 g/mol. The van der Waals surface area contributed by atoms with Crippen molar-refractivity contribution in [2.24, 2.45) is 0 Å². The Morgan fingerprint density at radius 3 is 2.46 bits per heavy atom. The Kier molecular flexibility index (Phi) is 7.53. The van der Waals surface area contributed by atoms with Crippen LogP contribution in [0.1, 0.15) is 15.9 Å². The molecule has 2 amide bonds. The molecule has 2 aromatic rings. The first-order chi connectivity index (χ1) is 12.5. The standard InChI is InChI=1S/C18H18ClN3O3S/c19-13-7-5-12(6-8-13)11-16(24)22-18(26)21-15-4-2-1-3-14(15)17(25)20-9-10-23/h1-8,23H,9-11H2,(H,20,25)(H2,21,22,24,26). The van der Waals surface area contributed by atoms with Crippen molar-refractivity contribution in [2.45, 2.75) is 6.42 Å². The van der Waals surface area contributed by atoms with Crippen LogP contribution in [0.2, 0.25) is 5.02 Å². The second-order valence-electron chi connectivity index (χ2n) is 5.33. The third-order valence-corrected chi connectivity index (χ3v) is 3.80. The zero-order valence-corrected chi connectivity index (χ0v) is 15.4. The van der Waals surface area contributed by atoms with E-state index < -0.39 is 0 Å². The minimum Gasteiger partial charge on any atom is -0.395 e. The summed E-state index contributed by atoms with van der Waals surface area (Å²) in [6, 6.07) is 13.7. The smallest absolute Gasteiger partial charge is 0.253 e. The summed E-state index contributed by atoms with van der Waals surface area (Å²) in [5.74, 6) is -0.635. The SMILES string of the molecule is O=C(Cc1ccc(Cl)cc1)NC(=S)Nc1ccccc1C(=O)NCCO. The normalized spacial score (nSPS) is 10.1. The molecule has 26 heavy (non-hydrogen) atoms. The van der Waals surface area contributed by atoms with Gasteiger partial charge >= 0.3 is 0 Å². The fourth-order valence-electron chi connectivity index (χ4n) is 2.17. The van der Waals surface area contributed by atoms with Gasteiger partial charge in [0.2, 0.25) is 5.91 Å². The Morgan fingerprint density at radius 1 is 1.08 bits per heavy atom. The molecule has 0 radical (unpaired) electrons. The summed E-state index contributed by atoms with van der Waals surface area (Å²) in [5, 5.41) is 17.5. The maximum absolute atomic E-state index is 12.1. The molecule has 0 atom stereocenters. The van der Waals surface area contributed by atoms with Gasteiger partial charge in [-0.2, -0.15) is 0 Å². The van der Waals surface area contributed by atoms with Crippen LogP contribution in [0.15, 0.2) is 48.5 Å². The summed E-state index contributed by atoms with van der Waals surface area (Å²) in [4.78, 5) is 24.2. The minimum absolute atomic E-state index is 0.0892. The molecule has 0 fully saturated rings. The van der Waals surface area contributed by atoms with Gasteiger partial charge in [-0.25, -0.2) is 0 Å². The quantitative estimate of drug-likeness (QED) is 0.566. The number of rotatable bonds is 6. The molecular formula is C18H18ClN3O3S. The van der Waals surface area contributed by atoms with Crippen LogP contribution in [0.25, 0.3) is 0 Å². The molecule has 8 heteroatoms. The van der Waals surface area contributed by atoms with E-state index in [-0.39, 0.29) is 36.5 Å². The summed E-state index contributed by atoms with van der Waals surface area (Å²) in [6.07, 6.45) is 0.150. The summed E-state index contributed by atoms with van der Waals surface area (Å²) >= 11 is 11.0. The third kappa shape index (κ3) is 6.11. The molecule has 0 aliphatic carbocycles. The zero-order chi connectivity index (χ0) is 18.9. The van der Waals surface area contributed by atoms with Crippen LogP contribution >= 0.6 is 23.8 Å². The fraction of sp³-hybridized carbons (Fsp3) is 0.167. The monoisotopic (exact) mass is 391 g/mol. The summed E-state index contributed by atoms with van der Waals surface area (Å²) < 4.78 is 0. The van der Waals surface area contributed by atoms with Crippen LogP contribution in [-0.4, -0.2) is 35.2 Å². The van der Waals surface area contributed by atoms with Crippen molar-refractivity contribution in [3.63, 3.8) is 0 Å². The highest BCUT2D eigenvalue weighted by molar-refractivity contribution is 7.80. The molecule has 0 heterocycles. The van der Waals surface area contributed by atoms with Gasteiger partial charge in [0.1, 0.15) is 0 Å². The maximum atomic E-state index is 12.1. The van der Waals surface area contributed by atoms with Crippen LogP contribution in [-0.2, 0) is 11.2 Å². The van der Waals surface area contributed by atoms with Crippen molar-refractivity contribution in [3.05, 3.63) is 64.7 Å². The van der Waals surface area contributed by atoms with Gasteiger partial charge < -0.3 is 21.1 Å². The van der Waals surface area contributed by atoms with E-state index >= 15 is 0 Å². The number of hydrogen-bond donors (Lipinski definition) is 4. The van der Waals surface area contributed by atoms with Crippen molar-refractivity contribution in [1.82, 2.24) is 10.6 Å². The first-order valence-corrected chi connectivity index (χ1v) is 8.61. The Bertz CT molecular complexity index is 797. The number of hydrogen-bond acceptors (Lipinski definition) is 4. The zero-order valence-electron chi connectivity index (χ0n) is 13.8. The number of carbonyl (C=O) groups is 2. The lowest BCUT2D eigenvalue weighted by Gasteiger charge is -2.13. The van der Waals surface area contributed by atoms with Gasteiger partial charge in [-0.05, 0) is 42.0 Å². The Hall–Kier alpha value is -2.48. The van der Waals surface area contributed by atoms with Gasteiger partial charge in [0, 0.05) is 11.6 Å². The van der Waals surface area contributed by atoms with E-state index in [1.54, 1.807) is 48.5 Å². The second kappa shape index (κ2) is 9.86. The number of anilines is 1. The van der Waals surface area contributed by atoms with Gasteiger partial charge in [-0.15, -0.1) is 0 Å². The van der Waals surface area contributed by atoms with Gasteiger partial charge in [0.05, 0.1) is 24.3 Å². The second-order valence-corrected chi connectivity index (χ2v) is 6.18. The Labute approximate surface area is 161 Å². The predicted molar refractivity (Wildman–Crippen MR) is 105 cm³/mol. The number of amides is 2.